The minimum Gasteiger partial charge on any atom is -0.480 e. The lowest BCUT2D eigenvalue weighted by Gasteiger charge is -2.29. The zero-order chi connectivity index (χ0) is 44.8. The average Bonchev–Trinajstić information content (AvgIpc) is 3.21. The van der Waals surface area contributed by atoms with Gasteiger partial charge in [-0.15, -0.1) is 0 Å². The number of carboxylic acid groups (broad SMARTS) is 1. The maximum absolute atomic E-state index is 13.4. The number of benzene rings is 1. The molecular weight excluding hydrogens is 778 g/mol. The van der Waals surface area contributed by atoms with E-state index in [-0.39, 0.29) is 12.3 Å². The lowest BCUT2D eigenvalue weighted by atomic mass is 9.94. The van der Waals surface area contributed by atoms with Gasteiger partial charge in [-0.1, -0.05) is 70.9 Å². The number of hydrogen-bond donors (Lipinski definition) is 13. The second kappa shape index (κ2) is 26.3. The maximum atomic E-state index is 13.4. The summed E-state index contributed by atoms with van der Waals surface area (Å²) in [5.41, 5.74) is 6.36. The second-order valence-corrected chi connectivity index (χ2v) is 13.9. The van der Waals surface area contributed by atoms with Gasteiger partial charge in [0.25, 0.3) is 0 Å². The predicted octanol–water partition coefficient (Wildman–Crippen LogP) is -5.13. The molecule has 1 aromatic carbocycles. The van der Waals surface area contributed by atoms with Crippen LogP contribution in [0, 0.1) is 11.8 Å². The Morgan fingerprint density at radius 2 is 0.983 bits per heavy atom. The number of carbonyl (C=O) groups excluding carboxylic acids is 8. The van der Waals surface area contributed by atoms with Crippen molar-refractivity contribution in [1.29, 1.82) is 0 Å². The van der Waals surface area contributed by atoms with Crippen LogP contribution >= 0.6 is 0 Å². The molecule has 0 aliphatic heterocycles. The number of hydrogen-bond acceptors (Lipinski definition) is 13. The monoisotopic (exact) mass is 837 g/mol. The molecule has 22 nitrogen and oxygen atoms in total. The molecule has 0 aromatic heterocycles. The topological polar surface area (TPSA) is 357 Å². The average molecular weight is 838 g/mol. The van der Waals surface area contributed by atoms with Crippen LogP contribution in [0.25, 0.3) is 0 Å². The number of carbonyl (C=O) groups is 9. The first-order valence-electron chi connectivity index (χ1n) is 19.0. The number of aliphatic carboxylic acids is 1. The van der Waals surface area contributed by atoms with E-state index >= 15 is 0 Å². The van der Waals surface area contributed by atoms with Gasteiger partial charge in [0.05, 0.1) is 39.0 Å². The number of nitrogens with two attached hydrogens (primary N) is 1. The molecule has 0 bridgehead atoms. The summed E-state index contributed by atoms with van der Waals surface area (Å²) in [4.78, 5) is 114. The van der Waals surface area contributed by atoms with Crippen molar-refractivity contribution in [2.45, 2.75) is 96.2 Å². The summed E-state index contributed by atoms with van der Waals surface area (Å²) in [5, 5.41) is 56.0. The molecule has 59 heavy (non-hydrogen) atoms. The second-order valence-electron chi connectivity index (χ2n) is 13.9. The highest BCUT2D eigenvalue weighted by molar-refractivity contribution is 5.96. The Hall–Kier alpha value is -5.71. The minimum atomic E-state index is -1.62. The van der Waals surface area contributed by atoms with E-state index in [1.807, 2.05) is 5.32 Å². The van der Waals surface area contributed by atoms with Crippen LogP contribution in [0.4, 0.5) is 0 Å². The molecule has 22 heteroatoms. The van der Waals surface area contributed by atoms with Crippen LogP contribution in [0.1, 0.15) is 53.0 Å². The molecule has 0 radical (unpaired) electrons. The summed E-state index contributed by atoms with van der Waals surface area (Å²) in [6.45, 7) is 4.40. The van der Waals surface area contributed by atoms with Crippen molar-refractivity contribution in [3.63, 3.8) is 0 Å². The van der Waals surface area contributed by atoms with Crippen LogP contribution in [-0.2, 0) is 49.6 Å². The fourth-order valence-electron chi connectivity index (χ4n) is 5.15. The van der Waals surface area contributed by atoms with Gasteiger partial charge in [0, 0.05) is 6.42 Å². The molecule has 0 saturated heterocycles. The van der Waals surface area contributed by atoms with Crippen LogP contribution in [0.15, 0.2) is 30.3 Å². The fourth-order valence-corrected chi connectivity index (χ4v) is 5.15. The Labute approximate surface area is 341 Å². The third-order valence-corrected chi connectivity index (χ3v) is 9.26. The van der Waals surface area contributed by atoms with Gasteiger partial charge in [-0.2, -0.15) is 0 Å². The van der Waals surface area contributed by atoms with Gasteiger partial charge in [-0.25, -0.2) is 4.79 Å². The lowest BCUT2D eigenvalue weighted by Crippen LogP contribution is -2.60. The number of aliphatic hydroxyl groups excluding tert-OH is 3. The first kappa shape index (κ1) is 51.3. The predicted molar refractivity (Wildman–Crippen MR) is 209 cm³/mol. The number of nitrogens with one attached hydrogen (secondary N) is 8. The van der Waals surface area contributed by atoms with E-state index in [9.17, 15) is 53.4 Å². The molecule has 0 aliphatic carbocycles. The van der Waals surface area contributed by atoms with Crippen molar-refractivity contribution in [1.82, 2.24) is 42.5 Å². The van der Waals surface area contributed by atoms with E-state index in [1.165, 1.54) is 6.92 Å². The van der Waals surface area contributed by atoms with Crippen molar-refractivity contribution in [2.75, 3.05) is 32.8 Å². The molecule has 0 aliphatic rings. The van der Waals surface area contributed by atoms with Gasteiger partial charge in [-0.3, -0.25) is 38.4 Å². The van der Waals surface area contributed by atoms with E-state index in [2.05, 4.69) is 37.2 Å². The molecule has 14 N–H and O–H groups in total. The summed E-state index contributed by atoms with van der Waals surface area (Å²) in [7, 11) is 0. The molecule has 1 aromatic rings. The maximum Gasteiger partial charge on any atom is 0.328 e. The lowest BCUT2D eigenvalue weighted by molar-refractivity contribution is -0.143. The first-order valence-corrected chi connectivity index (χ1v) is 19.0. The summed E-state index contributed by atoms with van der Waals surface area (Å²) < 4.78 is 0. The van der Waals surface area contributed by atoms with Gasteiger partial charge in [0.15, 0.2) is 0 Å². The molecule has 0 spiro atoms. The van der Waals surface area contributed by atoms with Gasteiger partial charge < -0.3 is 68.7 Å². The molecule has 9 unspecified atom stereocenters. The molecule has 8 amide bonds. The van der Waals surface area contributed by atoms with Crippen LogP contribution in [0.5, 0.6) is 0 Å². The van der Waals surface area contributed by atoms with Gasteiger partial charge in [-0.05, 0) is 24.3 Å². The zero-order valence-corrected chi connectivity index (χ0v) is 33.8. The Morgan fingerprint density at radius 1 is 0.576 bits per heavy atom. The van der Waals surface area contributed by atoms with Crippen molar-refractivity contribution in [3.8, 4) is 0 Å². The standard InChI is InChI=1S/C37H59N9O13/c1-6-19(3)30(46-36(57)31(20(4)7-2)45-34(55)29(38)21(5)49)35(56)41-16-26(50)42-23(13-22-11-9-8-10-12-22)32(53)39-14-27(51)43-24(17-47)33(54)40-15-28(52)44-25(18-48)37(58)59/h8-12,19-21,23-25,29-31,47-49H,6-7,13-18,38H2,1-5H3,(H,39,53)(H,40,54)(H,41,56)(H,42,50)(H,43,51)(H,44,52)(H,45,55)(H,46,57)(H,58,59). The normalized spacial score (nSPS) is 15.5. The number of amides is 8. The minimum absolute atomic E-state index is 0.0519. The molecule has 330 valence electrons. The molecule has 9 atom stereocenters. The Kier molecular flexibility index (Phi) is 22.9. The summed E-state index contributed by atoms with van der Waals surface area (Å²) in [6, 6.07) is 0.470. The molecule has 0 saturated carbocycles. The zero-order valence-electron chi connectivity index (χ0n) is 33.8. The highest BCUT2D eigenvalue weighted by Crippen LogP contribution is 2.13. The van der Waals surface area contributed by atoms with Gasteiger partial charge >= 0.3 is 5.97 Å². The summed E-state index contributed by atoms with van der Waals surface area (Å²) in [5.74, 6) is -9.08. The Balaban J connectivity index is 2.97. The van der Waals surface area contributed by atoms with Gasteiger partial charge in [0.1, 0.15) is 36.3 Å². The number of aliphatic hydroxyl groups is 3. The smallest absolute Gasteiger partial charge is 0.328 e. The van der Waals surface area contributed by atoms with E-state index in [0.717, 1.165) is 0 Å². The Bertz CT molecular complexity index is 1600. The van der Waals surface area contributed by atoms with Crippen molar-refractivity contribution >= 4 is 53.2 Å². The van der Waals surface area contributed by atoms with Crippen LogP contribution in [0.3, 0.4) is 0 Å². The third-order valence-electron chi connectivity index (χ3n) is 9.26. The summed E-state index contributed by atoms with van der Waals surface area (Å²) >= 11 is 0. The molecule has 0 fully saturated rings. The van der Waals surface area contributed by atoms with E-state index < -0.39 is 134 Å². The number of rotatable bonds is 26. The van der Waals surface area contributed by atoms with E-state index in [0.29, 0.717) is 18.4 Å². The highest BCUT2D eigenvalue weighted by atomic mass is 16.4. The van der Waals surface area contributed by atoms with Crippen LogP contribution in [-0.4, -0.2) is 149 Å². The van der Waals surface area contributed by atoms with E-state index in [4.69, 9.17) is 15.9 Å². The fraction of sp³-hybridized carbons (Fsp3) is 0.595. The first-order chi connectivity index (χ1) is 27.8. The highest BCUT2D eigenvalue weighted by Gasteiger charge is 2.34. The molecule has 0 heterocycles. The van der Waals surface area contributed by atoms with Gasteiger partial charge in [0.2, 0.25) is 47.3 Å². The largest absolute Gasteiger partial charge is 0.480 e. The van der Waals surface area contributed by atoms with Crippen molar-refractivity contribution < 1.29 is 63.6 Å². The Morgan fingerprint density at radius 3 is 1.42 bits per heavy atom. The SMILES string of the molecule is CCC(C)C(NC(=O)C(N)C(C)O)C(=O)NC(C(=O)NCC(=O)NC(Cc1ccccc1)C(=O)NCC(=O)NC(CO)C(=O)NCC(=O)NC(CO)C(=O)O)C(C)CC. The summed E-state index contributed by atoms with van der Waals surface area (Å²) in [6.07, 6.45) is -0.329. The van der Waals surface area contributed by atoms with Crippen LogP contribution < -0.4 is 48.3 Å². The van der Waals surface area contributed by atoms with Crippen LogP contribution in [0.2, 0.25) is 0 Å². The van der Waals surface area contributed by atoms with Crippen molar-refractivity contribution in [3.05, 3.63) is 35.9 Å². The van der Waals surface area contributed by atoms with Crippen molar-refractivity contribution in [2.24, 2.45) is 17.6 Å². The number of carboxylic acids is 1. The quantitative estimate of drug-likeness (QED) is 0.0415. The third kappa shape index (κ3) is 18.2. The van der Waals surface area contributed by atoms with E-state index in [1.54, 1.807) is 58.0 Å². The molecule has 1 rings (SSSR count). The molecular formula is C37H59N9O13.